The van der Waals surface area contributed by atoms with Gasteiger partial charge in [-0.15, -0.1) is 0 Å². The van der Waals surface area contributed by atoms with Crippen LogP contribution < -0.4 is 0 Å². The molecule has 0 aliphatic carbocycles. The normalized spacial score (nSPS) is 11.9. The van der Waals surface area contributed by atoms with Gasteiger partial charge >= 0.3 is 17.9 Å². The van der Waals surface area contributed by atoms with E-state index in [1.54, 1.807) is 0 Å². The number of rotatable bonds is 46. The van der Waals surface area contributed by atoms with Crippen LogP contribution in [0.1, 0.15) is 297 Å². The summed E-state index contributed by atoms with van der Waals surface area (Å²) in [4.78, 5) is 46.2. The first-order chi connectivity index (χ1) is 28.6. The van der Waals surface area contributed by atoms with E-state index in [9.17, 15) is 29.4 Å². The molecular formula is C52H100O7. The van der Waals surface area contributed by atoms with Crippen molar-refractivity contribution >= 4 is 23.7 Å². The van der Waals surface area contributed by atoms with Crippen molar-refractivity contribution < 1.29 is 34.5 Å². The minimum atomic E-state index is -1.14. The van der Waals surface area contributed by atoms with Crippen molar-refractivity contribution in [3.63, 3.8) is 0 Å². The molecule has 0 heterocycles. The average molecular weight is 837 g/mol. The van der Waals surface area contributed by atoms with Crippen molar-refractivity contribution in [3.05, 3.63) is 0 Å². The highest BCUT2D eigenvalue weighted by Crippen LogP contribution is 2.34. The lowest BCUT2D eigenvalue weighted by molar-refractivity contribution is -0.155. The summed E-state index contributed by atoms with van der Waals surface area (Å²) in [6, 6.07) is 0. The summed E-state index contributed by atoms with van der Waals surface area (Å²) >= 11 is 0. The zero-order chi connectivity index (χ0) is 44.1. The predicted molar refractivity (Wildman–Crippen MR) is 250 cm³/mol. The van der Waals surface area contributed by atoms with E-state index in [0.29, 0.717) is 12.8 Å². The Morgan fingerprint density at radius 1 is 0.373 bits per heavy atom. The van der Waals surface area contributed by atoms with Gasteiger partial charge in [-0.2, -0.15) is 0 Å². The topological polar surface area (TPSA) is 129 Å². The van der Waals surface area contributed by atoms with Crippen molar-refractivity contribution in [2.24, 2.45) is 11.3 Å². The molecular weight excluding hydrogens is 737 g/mol. The molecule has 1 atom stereocenters. The van der Waals surface area contributed by atoms with E-state index >= 15 is 0 Å². The first-order valence-electron chi connectivity index (χ1n) is 25.8. The Kier molecular flexibility index (Phi) is 45.7. The number of Topliss-reactive ketones (excluding diaryl/α,β-unsaturated/α-hetero) is 1. The minimum Gasteiger partial charge on any atom is -0.481 e. The molecule has 0 radical (unpaired) electrons. The van der Waals surface area contributed by atoms with Crippen LogP contribution in [-0.4, -0.2) is 39.0 Å². The Hall–Kier alpha value is -1.92. The Balaban J connectivity index is 0. The molecule has 0 rings (SSSR count). The number of unbranched alkanes of at least 4 members (excludes halogenated alkanes) is 33. The molecule has 0 amide bonds. The number of hydrogen-bond donors (Lipinski definition) is 3. The Labute approximate surface area is 365 Å². The van der Waals surface area contributed by atoms with E-state index in [1.165, 1.54) is 180 Å². The van der Waals surface area contributed by atoms with Crippen molar-refractivity contribution in [2.45, 2.75) is 297 Å². The molecule has 0 fully saturated rings. The van der Waals surface area contributed by atoms with E-state index in [2.05, 4.69) is 20.8 Å². The highest BCUT2D eigenvalue weighted by molar-refractivity contribution is 6.01. The van der Waals surface area contributed by atoms with Gasteiger partial charge in [-0.3, -0.25) is 19.2 Å². The maximum atomic E-state index is 12.3. The highest BCUT2D eigenvalue weighted by atomic mass is 16.4. The van der Waals surface area contributed by atoms with Crippen molar-refractivity contribution in [1.29, 1.82) is 0 Å². The zero-order valence-corrected chi connectivity index (χ0v) is 39.8. The number of ketones is 1. The van der Waals surface area contributed by atoms with Crippen molar-refractivity contribution in [2.75, 3.05) is 0 Å². The molecule has 0 aliphatic rings. The summed E-state index contributed by atoms with van der Waals surface area (Å²) in [5.74, 6) is -2.51. The SMILES string of the molecule is CCCCCCCCCCCC(CCCCCCCCCCC(=O)O)C(=O)O.CCCCCCCCCCCCC(CCCCCCCCCCCC)(C(C)=O)C(=O)O. The smallest absolute Gasteiger partial charge is 0.317 e. The van der Waals surface area contributed by atoms with E-state index in [-0.39, 0.29) is 18.1 Å². The lowest BCUT2D eigenvalue weighted by Gasteiger charge is -2.27. The summed E-state index contributed by atoms with van der Waals surface area (Å²) in [6.07, 6.45) is 47.6. The van der Waals surface area contributed by atoms with Gasteiger partial charge in [0.05, 0.1) is 5.92 Å². The van der Waals surface area contributed by atoms with E-state index < -0.39 is 23.3 Å². The third-order valence-corrected chi connectivity index (χ3v) is 12.7. The Bertz CT molecular complexity index is 907. The van der Waals surface area contributed by atoms with Gasteiger partial charge in [0.2, 0.25) is 0 Å². The van der Waals surface area contributed by atoms with Crippen molar-refractivity contribution in [3.8, 4) is 0 Å². The summed E-state index contributed by atoms with van der Waals surface area (Å²) in [7, 11) is 0. The van der Waals surface area contributed by atoms with Gasteiger partial charge in [0.25, 0.3) is 0 Å². The predicted octanol–water partition coefficient (Wildman–Crippen LogP) is 16.9. The molecule has 1 unspecified atom stereocenters. The van der Waals surface area contributed by atoms with Crippen LogP contribution in [0.5, 0.6) is 0 Å². The first kappa shape index (κ1) is 59.2. The zero-order valence-electron chi connectivity index (χ0n) is 39.8. The molecule has 7 nitrogen and oxygen atoms in total. The molecule has 0 saturated heterocycles. The van der Waals surface area contributed by atoms with Crippen LogP contribution in [0.2, 0.25) is 0 Å². The standard InChI is InChI=1S/C28H54O3.C24H46O4/c1-4-6-8-10-12-14-16-18-20-22-24-28(26(3)29,27(30)31)25-23-21-19-17-15-13-11-9-7-5-2;1-2-3-4-5-6-7-10-13-16-19-22(24(27)28)20-17-14-11-8-9-12-15-18-21-23(25)26/h4-25H2,1-3H3,(H,30,31);22H,2-21H2,1H3,(H,25,26)(H,27,28). The van der Waals surface area contributed by atoms with Crippen LogP contribution in [0, 0.1) is 11.3 Å². The third kappa shape index (κ3) is 39.9. The molecule has 3 N–H and O–H groups in total. The summed E-state index contributed by atoms with van der Waals surface area (Å²) in [5, 5.41) is 27.9. The third-order valence-electron chi connectivity index (χ3n) is 12.7. The first-order valence-corrected chi connectivity index (χ1v) is 25.8. The summed E-state index contributed by atoms with van der Waals surface area (Å²) in [5.41, 5.74) is -1.14. The minimum absolute atomic E-state index is 0.146. The van der Waals surface area contributed by atoms with Gasteiger partial charge in [-0.25, -0.2) is 0 Å². The Morgan fingerprint density at radius 3 is 0.864 bits per heavy atom. The number of carbonyl (C=O) groups excluding carboxylic acids is 1. The molecule has 7 heteroatoms. The van der Waals surface area contributed by atoms with Crippen LogP contribution in [0.4, 0.5) is 0 Å². The van der Waals surface area contributed by atoms with Crippen LogP contribution in [-0.2, 0) is 19.2 Å². The summed E-state index contributed by atoms with van der Waals surface area (Å²) in [6.45, 7) is 8.22. The molecule has 0 spiro atoms. The fourth-order valence-corrected chi connectivity index (χ4v) is 8.49. The molecule has 0 saturated carbocycles. The van der Waals surface area contributed by atoms with E-state index in [4.69, 9.17) is 5.11 Å². The largest absolute Gasteiger partial charge is 0.481 e. The van der Waals surface area contributed by atoms with Crippen LogP contribution in [0.3, 0.4) is 0 Å². The van der Waals surface area contributed by atoms with Gasteiger partial charge in [-0.1, -0.05) is 252 Å². The van der Waals surface area contributed by atoms with Crippen LogP contribution in [0.15, 0.2) is 0 Å². The quantitative estimate of drug-likeness (QED) is 0.0411. The lowest BCUT2D eigenvalue weighted by atomic mass is 9.75. The van der Waals surface area contributed by atoms with Crippen molar-refractivity contribution in [1.82, 2.24) is 0 Å². The number of carboxylic acids is 3. The number of carboxylic acid groups (broad SMARTS) is 3. The molecule has 0 aromatic heterocycles. The molecule has 0 bridgehead atoms. The molecule has 0 aromatic rings. The maximum Gasteiger partial charge on any atom is 0.317 e. The number of carbonyl (C=O) groups is 4. The van der Waals surface area contributed by atoms with Gasteiger partial charge in [-0.05, 0) is 39.0 Å². The second-order valence-electron chi connectivity index (χ2n) is 18.2. The monoisotopic (exact) mass is 837 g/mol. The average Bonchev–Trinajstić information content (AvgIpc) is 3.20. The summed E-state index contributed by atoms with van der Waals surface area (Å²) < 4.78 is 0. The molecule has 59 heavy (non-hydrogen) atoms. The number of hydrogen-bond acceptors (Lipinski definition) is 4. The second kappa shape index (κ2) is 45.6. The van der Waals surface area contributed by atoms with Gasteiger partial charge in [0.15, 0.2) is 0 Å². The second-order valence-corrected chi connectivity index (χ2v) is 18.2. The molecule has 0 aromatic carbocycles. The fourth-order valence-electron chi connectivity index (χ4n) is 8.49. The van der Waals surface area contributed by atoms with Crippen LogP contribution in [0.25, 0.3) is 0 Å². The highest BCUT2D eigenvalue weighted by Gasteiger charge is 2.42. The van der Waals surface area contributed by atoms with E-state index in [1.807, 2.05) is 0 Å². The van der Waals surface area contributed by atoms with Crippen LogP contribution >= 0.6 is 0 Å². The van der Waals surface area contributed by atoms with Gasteiger partial charge < -0.3 is 15.3 Å². The van der Waals surface area contributed by atoms with Gasteiger partial charge in [0.1, 0.15) is 11.2 Å². The number of aliphatic carboxylic acids is 3. The maximum absolute atomic E-state index is 12.3. The Morgan fingerprint density at radius 2 is 0.627 bits per heavy atom. The van der Waals surface area contributed by atoms with Gasteiger partial charge in [0, 0.05) is 6.42 Å². The molecule has 0 aliphatic heterocycles. The lowest BCUT2D eigenvalue weighted by Crippen LogP contribution is -2.38. The van der Waals surface area contributed by atoms with E-state index in [0.717, 1.165) is 77.0 Å². The molecule has 350 valence electrons. The fraction of sp³-hybridized carbons (Fsp3) is 0.923.